The van der Waals surface area contributed by atoms with Gasteiger partial charge >= 0.3 is 0 Å². The maximum absolute atomic E-state index is 12.9. The van der Waals surface area contributed by atoms with Crippen molar-refractivity contribution in [2.45, 2.75) is 19.8 Å². The van der Waals surface area contributed by atoms with Crippen molar-refractivity contribution < 1.29 is 14.0 Å². The molecule has 4 nitrogen and oxygen atoms in total. The summed E-state index contributed by atoms with van der Waals surface area (Å²) in [6, 6.07) is 7.49. The summed E-state index contributed by atoms with van der Waals surface area (Å²) in [4.78, 5) is 25.9. The molecule has 2 rings (SSSR count). The normalized spacial score (nSPS) is 20.4. The molecular weight excluding hydrogens is 259 g/mol. The van der Waals surface area contributed by atoms with E-state index in [0.29, 0.717) is 25.1 Å². The van der Waals surface area contributed by atoms with E-state index < -0.39 is 11.8 Å². The second-order valence-corrected chi connectivity index (χ2v) is 4.91. The smallest absolute Gasteiger partial charge is 0.237 e. The Morgan fingerprint density at radius 3 is 2.70 bits per heavy atom. The Morgan fingerprint density at radius 1 is 1.45 bits per heavy atom. The number of carbonyl (C=O) groups is 2. The number of carbonyl (C=O) groups excluding carboxylic acids is 2. The van der Waals surface area contributed by atoms with Crippen LogP contribution in [0.2, 0.25) is 0 Å². The van der Waals surface area contributed by atoms with E-state index in [1.807, 2.05) is 6.07 Å². The third kappa shape index (κ3) is 2.69. The summed E-state index contributed by atoms with van der Waals surface area (Å²) in [6.07, 6.45) is 1.17. The first kappa shape index (κ1) is 14.2. The SMILES string of the molecule is CC(C#N)C(=O)C1CCCN(c2ccc(F)cc2)C1=O. The van der Waals surface area contributed by atoms with Gasteiger partial charge in [-0.1, -0.05) is 0 Å². The molecule has 0 spiro atoms. The molecule has 20 heavy (non-hydrogen) atoms. The number of halogens is 1. The lowest BCUT2D eigenvalue weighted by molar-refractivity contribution is -0.135. The number of piperidine rings is 1. The Morgan fingerprint density at radius 2 is 2.10 bits per heavy atom. The highest BCUT2D eigenvalue weighted by atomic mass is 19.1. The number of hydrogen-bond acceptors (Lipinski definition) is 3. The van der Waals surface area contributed by atoms with Crippen molar-refractivity contribution in [1.82, 2.24) is 0 Å². The summed E-state index contributed by atoms with van der Waals surface area (Å²) in [7, 11) is 0. The minimum Gasteiger partial charge on any atom is -0.312 e. The number of rotatable bonds is 3. The number of anilines is 1. The first-order chi connectivity index (χ1) is 9.54. The maximum Gasteiger partial charge on any atom is 0.237 e. The summed E-state index contributed by atoms with van der Waals surface area (Å²) in [6.45, 7) is 2.02. The average molecular weight is 274 g/mol. The zero-order chi connectivity index (χ0) is 14.7. The fourth-order valence-corrected chi connectivity index (χ4v) is 2.38. The van der Waals surface area contributed by atoms with Gasteiger partial charge in [-0.25, -0.2) is 4.39 Å². The highest BCUT2D eigenvalue weighted by Crippen LogP contribution is 2.26. The van der Waals surface area contributed by atoms with E-state index in [1.165, 1.54) is 36.1 Å². The van der Waals surface area contributed by atoms with Gasteiger partial charge in [0, 0.05) is 12.2 Å². The van der Waals surface area contributed by atoms with Crippen molar-refractivity contribution in [2.75, 3.05) is 11.4 Å². The molecule has 1 fully saturated rings. The van der Waals surface area contributed by atoms with Gasteiger partial charge in [-0.15, -0.1) is 0 Å². The highest BCUT2D eigenvalue weighted by molar-refractivity contribution is 6.10. The fourth-order valence-electron chi connectivity index (χ4n) is 2.38. The van der Waals surface area contributed by atoms with Gasteiger partial charge in [0.2, 0.25) is 5.91 Å². The summed E-state index contributed by atoms with van der Waals surface area (Å²) >= 11 is 0. The van der Waals surface area contributed by atoms with E-state index in [2.05, 4.69) is 0 Å². The van der Waals surface area contributed by atoms with Crippen molar-refractivity contribution in [2.24, 2.45) is 11.8 Å². The molecule has 0 radical (unpaired) electrons. The molecule has 0 N–H and O–H groups in total. The molecule has 1 aliphatic rings. The number of nitrogens with zero attached hydrogens (tertiary/aromatic N) is 2. The molecule has 104 valence electrons. The summed E-state index contributed by atoms with van der Waals surface area (Å²) < 4.78 is 12.9. The largest absolute Gasteiger partial charge is 0.312 e. The Labute approximate surface area is 116 Å². The molecule has 0 saturated carbocycles. The van der Waals surface area contributed by atoms with E-state index in [-0.39, 0.29) is 17.5 Å². The van der Waals surface area contributed by atoms with Gasteiger partial charge in [-0.2, -0.15) is 5.26 Å². The molecule has 0 aliphatic carbocycles. The molecule has 2 atom stereocenters. The third-order valence-electron chi connectivity index (χ3n) is 3.54. The van der Waals surface area contributed by atoms with Crippen LogP contribution < -0.4 is 4.90 Å². The van der Waals surface area contributed by atoms with Crippen LogP contribution in [0.4, 0.5) is 10.1 Å². The monoisotopic (exact) mass is 274 g/mol. The lowest BCUT2D eigenvalue weighted by atomic mass is 9.87. The van der Waals surface area contributed by atoms with E-state index in [4.69, 9.17) is 5.26 Å². The van der Waals surface area contributed by atoms with Gasteiger partial charge in [-0.3, -0.25) is 9.59 Å². The van der Waals surface area contributed by atoms with Crippen LogP contribution in [0.25, 0.3) is 0 Å². The third-order valence-corrected chi connectivity index (χ3v) is 3.54. The Kier molecular flexibility index (Phi) is 4.14. The minimum absolute atomic E-state index is 0.296. The van der Waals surface area contributed by atoms with Crippen LogP contribution in [-0.4, -0.2) is 18.2 Å². The number of Topliss-reactive ketones (excluding diaryl/α,β-unsaturated/α-hetero) is 1. The molecule has 5 heteroatoms. The number of nitriles is 1. The summed E-state index contributed by atoms with van der Waals surface area (Å²) in [5.74, 6) is -2.54. The molecule has 1 aliphatic heterocycles. The van der Waals surface area contributed by atoms with E-state index in [9.17, 15) is 14.0 Å². The van der Waals surface area contributed by atoms with Gasteiger partial charge in [0.05, 0.1) is 12.0 Å². The minimum atomic E-state index is -0.780. The molecule has 1 aromatic rings. The van der Waals surface area contributed by atoms with E-state index in [1.54, 1.807) is 0 Å². The Bertz CT molecular complexity index is 562. The van der Waals surface area contributed by atoms with Gasteiger partial charge in [0.15, 0.2) is 5.78 Å². The lowest BCUT2D eigenvalue weighted by Crippen LogP contribution is -2.45. The van der Waals surface area contributed by atoms with E-state index in [0.717, 1.165) is 0 Å². The quantitative estimate of drug-likeness (QED) is 0.794. The zero-order valence-corrected chi connectivity index (χ0v) is 11.2. The van der Waals surface area contributed by atoms with Crippen molar-refractivity contribution in [3.8, 4) is 6.07 Å². The van der Waals surface area contributed by atoms with Gasteiger partial charge in [0.25, 0.3) is 0 Å². The van der Waals surface area contributed by atoms with Crippen LogP contribution in [0.1, 0.15) is 19.8 Å². The number of ketones is 1. The van der Waals surface area contributed by atoms with Crippen molar-refractivity contribution in [3.63, 3.8) is 0 Å². The average Bonchev–Trinajstić information content (AvgIpc) is 2.47. The summed E-state index contributed by atoms with van der Waals surface area (Å²) in [5, 5.41) is 8.80. The van der Waals surface area contributed by atoms with Crippen LogP contribution in [0.5, 0.6) is 0 Å². The van der Waals surface area contributed by atoms with Crippen LogP contribution >= 0.6 is 0 Å². The van der Waals surface area contributed by atoms with Gasteiger partial charge < -0.3 is 4.90 Å². The molecule has 1 amide bonds. The van der Waals surface area contributed by atoms with Crippen molar-refractivity contribution in [1.29, 1.82) is 5.26 Å². The standard InChI is InChI=1S/C15H15FN2O2/c1-10(9-17)14(19)13-3-2-8-18(15(13)20)12-6-4-11(16)5-7-12/h4-7,10,13H,2-3,8H2,1H3. The van der Waals surface area contributed by atoms with Crippen LogP contribution in [0.3, 0.4) is 0 Å². The van der Waals surface area contributed by atoms with E-state index >= 15 is 0 Å². The lowest BCUT2D eigenvalue weighted by Gasteiger charge is -2.32. The van der Waals surface area contributed by atoms with Crippen molar-refractivity contribution in [3.05, 3.63) is 30.1 Å². The van der Waals surface area contributed by atoms with Crippen LogP contribution in [0.15, 0.2) is 24.3 Å². The molecule has 1 heterocycles. The molecule has 1 aromatic carbocycles. The van der Waals surface area contributed by atoms with Crippen LogP contribution in [-0.2, 0) is 9.59 Å². The zero-order valence-electron chi connectivity index (χ0n) is 11.2. The van der Waals surface area contributed by atoms with Crippen LogP contribution in [0, 0.1) is 29.0 Å². The number of amides is 1. The maximum atomic E-state index is 12.9. The Hall–Kier alpha value is -2.22. The predicted octanol–water partition coefficient (Wildman–Crippen LogP) is 2.30. The predicted molar refractivity (Wildman–Crippen MR) is 71.3 cm³/mol. The molecule has 0 aromatic heterocycles. The second kappa shape index (κ2) is 5.83. The highest BCUT2D eigenvalue weighted by Gasteiger charge is 2.36. The molecule has 2 unspecified atom stereocenters. The van der Waals surface area contributed by atoms with Gasteiger partial charge in [0.1, 0.15) is 11.7 Å². The molecule has 0 bridgehead atoms. The molecular formula is C15H15FN2O2. The Balaban J connectivity index is 2.21. The number of hydrogen-bond donors (Lipinski definition) is 0. The second-order valence-electron chi connectivity index (χ2n) is 4.91. The first-order valence-corrected chi connectivity index (χ1v) is 6.55. The topological polar surface area (TPSA) is 61.2 Å². The summed E-state index contributed by atoms with van der Waals surface area (Å²) in [5.41, 5.74) is 0.582. The van der Waals surface area contributed by atoms with Crippen molar-refractivity contribution >= 4 is 17.4 Å². The number of benzene rings is 1. The fraction of sp³-hybridized carbons (Fsp3) is 0.400. The first-order valence-electron chi connectivity index (χ1n) is 6.55. The molecule has 1 saturated heterocycles. The van der Waals surface area contributed by atoms with Gasteiger partial charge in [-0.05, 0) is 44.0 Å².